The largest absolute Gasteiger partial charge is 0.493 e. The van der Waals surface area contributed by atoms with Crippen LogP contribution in [0.1, 0.15) is 25.3 Å². The molecule has 6 nitrogen and oxygen atoms in total. The van der Waals surface area contributed by atoms with E-state index in [0.717, 1.165) is 24.0 Å². The minimum atomic E-state index is -0.179. The van der Waals surface area contributed by atoms with Crippen LogP contribution < -0.4 is 19.6 Å². The van der Waals surface area contributed by atoms with Gasteiger partial charge >= 0.3 is 0 Å². The first-order chi connectivity index (χ1) is 14.2. The third-order valence-corrected chi connectivity index (χ3v) is 5.41. The van der Waals surface area contributed by atoms with Crippen LogP contribution in [0.3, 0.4) is 0 Å². The first-order valence-corrected chi connectivity index (χ1v) is 10.3. The van der Waals surface area contributed by atoms with Crippen LogP contribution in [0, 0.1) is 0 Å². The maximum Gasteiger partial charge on any atom is 0.291 e. The lowest BCUT2D eigenvalue weighted by atomic mass is 10.2. The zero-order chi connectivity index (χ0) is 20.2. The van der Waals surface area contributed by atoms with Crippen LogP contribution in [0.15, 0.2) is 53.3 Å². The van der Waals surface area contributed by atoms with E-state index < -0.39 is 0 Å². The van der Waals surface area contributed by atoms with Crippen LogP contribution in [0.4, 0.5) is 0 Å². The summed E-state index contributed by atoms with van der Waals surface area (Å²) in [6.45, 7) is 2.77. The van der Waals surface area contributed by atoms with Crippen molar-refractivity contribution >= 4 is 22.4 Å². The van der Waals surface area contributed by atoms with E-state index in [1.54, 1.807) is 7.11 Å². The fraction of sp³-hybridized carbons (Fsp3) is 0.227. The summed E-state index contributed by atoms with van der Waals surface area (Å²) in [5.74, 6) is 1.90. The Labute approximate surface area is 172 Å². The summed E-state index contributed by atoms with van der Waals surface area (Å²) >= 11 is 1.32. The third-order valence-electron chi connectivity index (χ3n) is 4.45. The third kappa shape index (κ3) is 4.00. The molecule has 0 radical (unpaired) electrons. The molecule has 2 heterocycles. The highest BCUT2D eigenvalue weighted by Gasteiger charge is 2.12. The number of ether oxygens (including phenoxy) is 2. The fourth-order valence-corrected chi connectivity index (χ4v) is 3.82. The number of aromatic nitrogens is 3. The number of hydrogen-bond donors (Lipinski definition) is 0. The van der Waals surface area contributed by atoms with Gasteiger partial charge in [0.1, 0.15) is 0 Å². The fourth-order valence-electron chi connectivity index (χ4n) is 2.91. The minimum absolute atomic E-state index is 0.179. The highest BCUT2D eigenvalue weighted by Crippen LogP contribution is 2.28. The van der Waals surface area contributed by atoms with Crippen molar-refractivity contribution in [3.8, 4) is 22.9 Å². The SMILES string of the molecule is CCCCOc1ccc(/C=c2/sc3nc(-c4ccccc4)nn3c2=O)cc1OC. The molecular weight excluding hydrogens is 386 g/mol. The number of benzene rings is 2. The van der Waals surface area contributed by atoms with Gasteiger partial charge in [-0.1, -0.05) is 61.1 Å². The first kappa shape index (κ1) is 19.1. The second-order valence-electron chi connectivity index (χ2n) is 6.52. The summed E-state index contributed by atoms with van der Waals surface area (Å²) in [6, 6.07) is 15.3. The average Bonchev–Trinajstić information content (AvgIpc) is 3.29. The zero-order valence-corrected chi connectivity index (χ0v) is 17.1. The second-order valence-corrected chi connectivity index (χ2v) is 7.53. The highest BCUT2D eigenvalue weighted by atomic mass is 32.1. The van der Waals surface area contributed by atoms with Crippen molar-refractivity contribution in [2.45, 2.75) is 19.8 Å². The number of rotatable bonds is 7. The van der Waals surface area contributed by atoms with Crippen LogP contribution in [0.25, 0.3) is 22.4 Å². The molecule has 148 valence electrons. The van der Waals surface area contributed by atoms with Crippen molar-refractivity contribution in [1.82, 2.24) is 14.6 Å². The Kier molecular flexibility index (Phi) is 5.57. The van der Waals surface area contributed by atoms with Gasteiger partial charge in [-0.3, -0.25) is 4.79 Å². The van der Waals surface area contributed by atoms with Gasteiger partial charge in [0.05, 0.1) is 18.2 Å². The van der Waals surface area contributed by atoms with Crippen LogP contribution >= 0.6 is 11.3 Å². The van der Waals surface area contributed by atoms with Crippen molar-refractivity contribution < 1.29 is 9.47 Å². The summed E-state index contributed by atoms with van der Waals surface area (Å²) < 4.78 is 13.1. The van der Waals surface area contributed by atoms with Crippen molar-refractivity contribution in [2.75, 3.05) is 13.7 Å². The Bertz CT molecular complexity index is 1230. The zero-order valence-electron chi connectivity index (χ0n) is 16.3. The molecular formula is C22H21N3O3S. The number of thiazole rings is 1. The van der Waals surface area contributed by atoms with Gasteiger partial charge in [0.25, 0.3) is 5.56 Å². The van der Waals surface area contributed by atoms with E-state index in [-0.39, 0.29) is 5.56 Å². The van der Waals surface area contributed by atoms with Crippen LogP contribution in [-0.4, -0.2) is 28.3 Å². The van der Waals surface area contributed by atoms with Gasteiger partial charge in [-0.2, -0.15) is 9.50 Å². The van der Waals surface area contributed by atoms with E-state index in [9.17, 15) is 4.79 Å². The Morgan fingerprint density at radius 2 is 1.97 bits per heavy atom. The number of hydrogen-bond acceptors (Lipinski definition) is 6. The molecule has 0 N–H and O–H groups in total. The van der Waals surface area contributed by atoms with Gasteiger partial charge < -0.3 is 9.47 Å². The lowest BCUT2D eigenvalue weighted by molar-refractivity contribution is 0.288. The first-order valence-electron chi connectivity index (χ1n) is 9.47. The van der Waals surface area contributed by atoms with E-state index in [2.05, 4.69) is 17.0 Å². The van der Waals surface area contributed by atoms with Crippen molar-refractivity contribution in [3.63, 3.8) is 0 Å². The van der Waals surface area contributed by atoms with Crippen LogP contribution in [0.5, 0.6) is 11.5 Å². The second kappa shape index (κ2) is 8.45. The predicted octanol–water partition coefficient (Wildman–Crippen LogP) is 3.55. The molecule has 7 heteroatoms. The van der Waals surface area contributed by atoms with E-state index in [4.69, 9.17) is 9.47 Å². The molecule has 2 aromatic carbocycles. The van der Waals surface area contributed by atoms with E-state index in [1.807, 2.05) is 54.6 Å². The van der Waals surface area contributed by atoms with Gasteiger partial charge in [-0.15, -0.1) is 5.10 Å². The molecule has 0 unspecified atom stereocenters. The summed E-state index contributed by atoms with van der Waals surface area (Å²) in [5.41, 5.74) is 1.56. The number of methoxy groups -OCH3 is 1. The lowest BCUT2D eigenvalue weighted by Gasteiger charge is -2.10. The Hall–Kier alpha value is -3.19. The Balaban J connectivity index is 1.66. The maximum absolute atomic E-state index is 12.8. The van der Waals surface area contributed by atoms with Crippen molar-refractivity contribution in [1.29, 1.82) is 0 Å². The minimum Gasteiger partial charge on any atom is -0.493 e. The molecule has 0 aliphatic heterocycles. The summed E-state index contributed by atoms with van der Waals surface area (Å²) in [4.78, 5) is 17.8. The lowest BCUT2D eigenvalue weighted by Crippen LogP contribution is -2.23. The molecule has 0 fully saturated rings. The van der Waals surface area contributed by atoms with Gasteiger partial charge in [0.15, 0.2) is 17.3 Å². The van der Waals surface area contributed by atoms with Crippen molar-refractivity contribution in [2.24, 2.45) is 0 Å². The Morgan fingerprint density at radius 1 is 1.14 bits per heavy atom. The van der Waals surface area contributed by atoms with Gasteiger partial charge in [0.2, 0.25) is 4.96 Å². The molecule has 2 aromatic heterocycles. The molecule has 0 atom stereocenters. The molecule has 29 heavy (non-hydrogen) atoms. The number of fused-ring (bicyclic) bond motifs is 1. The van der Waals surface area contributed by atoms with E-state index >= 15 is 0 Å². The highest BCUT2D eigenvalue weighted by molar-refractivity contribution is 7.15. The predicted molar refractivity (Wildman–Crippen MR) is 115 cm³/mol. The van der Waals surface area contributed by atoms with Crippen LogP contribution in [-0.2, 0) is 0 Å². The maximum atomic E-state index is 12.8. The summed E-state index contributed by atoms with van der Waals surface area (Å²) in [7, 11) is 1.61. The normalized spacial score (nSPS) is 11.9. The molecule has 4 aromatic rings. The van der Waals surface area contributed by atoms with E-state index in [1.165, 1.54) is 15.9 Å². The summed E-state index contributed by atoms with van der Waals surface area (Å²) in [5, 5.41) is 4.37. The molecule has 0 spiro atoms. The van der Waals surface area contributed by atoms with Gasteiger partial charge in [-0.25, -0.2) is 0 Å². The standard InChI is InChI=1S/C22H21N3O3S/c1-3-4-12-28-17-11-10-15(13-18(17)27-2)14-19-21(26)25-22(29-19)23-20(24-25)16-8-6-5-7-9-16/h5-11,13-14H,3-4,12H2,1-2H3/b19-14+. The Morgan fingerprint density at radius 3 is 2.69 bits per heavy atom. The molecule has 0 saturated heterocycles. The quantitative estimate of drug-likeness (QED) is 0.438. The van der Waals surface area contributed by atoms with Gasteiger partial charge in [0, 0.05) is 5.56 Å². The van der Waals surface area contributed by atoms with Gasteiger partial charge in [-0.05, 0) is 30.2 Å². The number of unbranched alkanes of at least 4 members (excludes halogenated alkanes) is 1. The molecule has 4 rings (SSSR count). The molecule has 0 bridgehead atoms. The molecule has 0 aliphatic carbocycles. The van der Waals surface area contributed by atoms with E-state index in [0.29, 0.717) is 33.4 Å². The monoisotopic (exact) mass is 407 g/mol. The topological polar surface area (TPSA) is 65.7 Å². The molecule has 0 saturated carbocycles. The van der Waals surface area contributed by atoms with Crippen molar-refractivity contribution in [3.05, 3.63) is 69.0 Å². The smallest absolute Gasteiger partial charge is 0.291 e. The summed E-state index contributed by atoms with van der Waals surface area (Å²) in [6.07, 6.45) is 3.88. The molecule has 0 aliphatic rings. The average molecular weight is 407 g/mol. The number of nitrogens with zero attached hydrogens (tertiary/aromatic N) is 3. The molecule has 0 amide bonds. The van der Waals surface area contributed by atoms with Crippen LogP contribution in [0.2, 0.25) is 0 Å².